The van der Waals surface area contributed by atoms with Gasteiger partial charge in [-0.05, 0) is 30.0 Å². The highest BCUT2D eigenvalue weighted by atomic mass is 16.5. The quantitative estimate of drug-likeness (QED) is 0.931. The Balaban J connectivity index is 1.40. The molecule has 4 rings (SSSR count). The van der Waals surface area contributed by atoms with E-state index in [-0.39, 0.29) is 6.10 Å². The molecule has 1 saturated heterocycles. The minimum atomic E-state index is -0.0369. The lowest BCUT2D eigenvalue weighted by Gasteiger charge is -2.05. The van der Waals surface area contributed by atoms with Crippen LogP contribution < -0.4 is 10.1 Å². The number of nitrogens with one attached hydrogen (secondary N) is 1. The third-order valence-corrected chi connectivity index (χ3v) is 3.84. The summed E-state index contributed by atoms with van der Waals surface area (Å²) in [4.78, 5) is 0. The molecular formula is C15H17N3O3. The summed E-state index contributed by atoms with van der Waals surface area (Å²) < 4.78 is 16.6. The summed E-state index contributed by atoms with van der Waals surface area (Å²) in [6.45, 7) is 2.20. The van der Waals surface area contributed by atoms with E-state index in [1.165, 1.54) is 11.1 Å². The third kappa shape index (κ3) is 2.58. The highest BCUT2D eigenvalue weighted by molar-refractivity contribution is 5.40. The second-order valence-corrected chi connectivity index (χ2v) is 5.34. The minimum Gasteiger partial charge on any atom is -0.493 e. The van der Waals surface area contributed by atoms with Crippen molar-refractivity contribution >= 4 is 6.01 Å². The van der Waals surface area contributed by atoms with Crippen LogP contribution in [0.3, 0.4) is 0 Å². The molecule has 1 aromatic carbocycles. The van der Waals surface area contributed by atoms with Crippen molar-refractivity contribution in [2.24, 2.45) is 0 Å². The van der Waals surface area contributed by atoms with Crippen molar-refractivity contribution in [1.82, 2.24) is 10.2 Å². The Bertz CT molecular complexity index is 635. The summed E-state index contributed by atoms with van der Waals surface area (Å²) in [5.41, 5.74) is 2.44. The Morgan fingerprint density at radius 1 is 1.24 bits per heavy atom. The van der Waals surface area contributed by atoms with Gasteiger partial charge in [0.05, 0.1) is 6.61 Å². The first-order valence-corrected chi connectivity index (χ1v) is 7.32. The van der Waals surface area contributed by atoms with E-state index < -0.39 is 0 Å². The van der Waals surface area contributed by atoms with Crippen LogP contribution in [-0.4, -0.2) is 23.4 Å². The molecule has 0 amide bonds. The normalized spacial score (nSPS) is 20.3. The van der Waals surface area contributed by atoms with E-state index in [9.17, 15) is 0 Å². The smallest absolute Gasteiger partial charge is 0.315 e. The molecule has 110 valence electrons. The highest BCUT2D eigenvalue weighted by Gasteiger charge is 2.23. The zero-order valence-electron chi connectivity index (χ0n) is 11.7. The first-order chi connectivity index (χ1) is 10.4. The fourth-order valence-corrected chi connectivity index (χ4v) is 2.74. The number of anilines is 1. The number of hydrogen-bond donors (Lipinski definition) is 1. The van der Waals surface area contributed by atoms with Crippen LogP contribution in [0.15, 0.2) is 22.6 Å². The maximum absolute atomic E-state index is 5.60. The van der Waals surface area contributed by atoms with Gasteiger partial charge < -0.3 is 19.2 Å². The zero-order chi connectivity index (χ0) is 14.1. The topological polar surface area (TPSA) is 69.4 Å². The lowest BCUT2D eigenvalue weighted by Crippen LogP contribution is -2.00. The van der Waals surface area contributed by atoms with Crippen molar-refractivity contribution in [3.8, 4) is 5.75 Å². The van der Waals surface area contributed by atoms with Crippen molar-refractivity contribution in [3.05, 3.63) is 35.2 Å². The number of rotatable bonds is 4. The fraction of sp³-hybridized carbons (Fsp3) is 0.467. The Kier molecular flexibility index (Phi) is 3.23. The molecule has 6 nitrogen and oxygen atoms in total. The second-order valence-electron chi connectivity index (χ2n) is 5.34. The van der Waals surface area contributed by atoms with Gasteiger partial charge in [0, 0.05) is 19.6 Å². The summed E-state index contributed by atoms with van der Waals surface area (Å²) in [6, 6.07) is 6.67. The van der Waals surface area contributed by atoms with Crippen LogP contribution >= 0.6 is 0 Å². The predicted octanol–water partition coefficient (Wildman–Crippen LogP) is 2.47. The number of nitrogens with zero attached hydrogens (tertiary/aromatic N) is 2. The average molecular weight is 287 g/mol. The summed E-state index contributed by atoms with van der Waals surface area (Å²) in [7, 11) is 0. The molecule has 0 unspecified atom stereocenters. The van der Waals surface area contributed by atoms with Crippen molar-refractivity contribution in [3.63, 3.8) is 0 Å². The van der Waals surface area contributed by atoms with Gasteiger partial charge in [-0.25, -0.2) is 0 Å². The molecule has 0 radical (unpaired) electrons. The molecule has 0 saturated carbocycles. The number of benzene rings is 1. The van der Waals surface area contributed by atoms with E-state index in [1.807, 2.05) is 6.07 Å². The molecule has 6 heteroatoms. The summed E-state index contributed by atoms with van der Waals surface area (Å²) in [5.74, 6) is 1.56. The van der Waals surface area contributed by atoms with E-state index in [0.717, 1.165) is 38.2 Å². The Labute approximate surface area is 122 Å². The molecule has 3 heterocycles. The van der Waals surface area contributed by atoms with Crippen LogP contribution in [0.4, 0.5) is 6.01 Å². The van der Waals surface area contributed by atoms with Crippen LogP contribution in [0.25, 0.3) is 0 Å². The van der Waals surface area contributed by atoms with Gasteiger partial charge in [0.15, 0.2) is 0 Å². The SMILES string of the molecule is c1cc2c(cc1CNc1nnc([C@@H]3CCCO3)o1)CCO2. The fourth-order valence-electron chi connectivity index (χ4n) is 2.74. The number of fused-ring (bicyclic) bond motifs is 1. The van der Waals surface area contributed by atoms with Gasteiger partial charge in [-0.15, -0.1) is 5.10 Å². The van der Waals surface area contributed by atoms with Gasteiger partial charge in [0.1, 0.15) is 11.9 Å². The summed E-state index contributed by atoms with van der Waals surface area (Å²) in [6.07, 6.45) is 2.94. The Hall–Kier alpha value is -2.08. The van der Waals surface area contributed by atoms with Gasteiger partial charge in [-0.2, -0.15) is 0 Å². The van der Waals surface area contributed by atoms with Gasteiger partial charge in [-0.1, -0.05) is 17.2 Å². The molecular weight excluding hydrogens is 270 g/mol. The summed E-state index contributed by atoms with van der Waals surface area (Å²) in [5, 5.41) is 11.2. The average Bonchev–Trinajstić information content (AvgIpc) is 3.24. The molecule has 0 spiro atoms. The predicted molar refractivity (Wildman–Crippen MR) is 75.2 cm³/mol. The van der Waals surface area contributed by atoms with Crippen LogP contribution in [-0.2, 0) is 17.7 Å². The van der Waals surface area contributed by atoms with Gasteiger partial charge in [-0.3, -0.25) is 0 Å². The van der Waals surface area contributed by atoms with Crippen molar-refractivity contribution in [2.75, 3.05) is 18.5 Å². The van der Waals surface area contributed by atoms with Crippen LogP contribution in [0, 0.1) is 0 Å². The molecule has 1 fully saturated rings. The van der Waals surface area contributed by atoms with Crippen molar-refractivity contribution < 1.29 is 13.9 Å². The molecule has 2 aliphatic rings. The van der Waals surface area contributed by atoms with Gasteiger partial charge >= 0.3 is 6.01 Å². The van der Waals surface area contributed by atoms with E-state index in [2.05, 4.69) is 27.6 Å². The maximum atomic E-state index is 5.60. The lowest BCUT2D eigenvalue weighted by molar-refractivity contribution is 0.0897. The molecule has 0 aliphatic carbocycles. The maximum Gasteiger partial charge on any atom is 0.315 e. The standard InChI is InChI=1S/C15H17N3O3/c1-2-13(19-6-1)14-17-18-15(21-14)16-9-10-3-4-12-11(8-10)5-7-20-12/h3-4,8,13H,1-2,5-7,9H2,(H,16,18)/t13-/m0/s1. The minimum absolute atomic E-state index is 0.0369. The van der Waals surface area contributed by atoms with Crippen LogP contribution in [0.2, 0.25) is 0 Å². The number of aromatic nitrogens is 2. The summed E-state index contributed by atoms with van der Waals surface area (Å²) >= 11 is 0. The van der Waals surface area contributed by atoms with E-state index in [0.29, 0.717) is 18.5 Å². The molecule has 0 bridgehead atoms. The molecule has 1 aromatic heterocycles. The van der Waals surface area contributed by atoms with E-state index in [1.54, 1.807) is 0 Å². The monoisotopic (exact) mass is 287 g/mol. The lowest BCUT2D eigenvalue weighted by atomic mass is 10.1. The molecule has 2 aromatic rings. The molecule has 21 heavy (non-hydrogen) atoms. The molecule has 2 aliphatic heterocycles. The molecule has 1 atom stereocenters. The van der Waals surface area contributed by atoms with Gasteiger partial charge in [0.25, 0.3) is 0 Å². The molecule has 1 N–H and O–H groups in total. The number of hydrogen-bond acceptors (Lipinski definition) is 6. The zero-order valence-corrected chi connectivity index (χ0v) is 11.7. The first kappa shape index (κ1) is 12.6. The first-order valence-electron chi connectivity index (χ1n) is 7.32. The Morgan fingerprint density at radius 3 is 3.14 bits per heavy atom. The van der Waals surface area contributed by atoms with E-state index in [4.69, 9.17) is 13.9 Å². The van der Waals surface area contributed by atoms with Crippen LogP contribution in [0.1, 0.15) is 36.0 Å². The third-order valence-electron chi connectivity index (χ3n) is 3.84. The van der Waals surface area contributed by atoms with Crippen molar-refractivity contribution in [2.45, 2.75) is 31.9 Å². The largest absolute Gasteiger partial charge is 0.493 e. The second kappa shape index (κ2) is 5.37. The van der Waals surface area contributed by atoms with Crippen molar-refractivity contribution in [1.29, 1.82) is 0 Å². The Morgan fingerprint density at radius 2 is 2.24 bits per heavy atom. The number of ether oxygens (including phenoxy) is 2. The van der Waals surface area contributed by atoms with Crippen LogP contribution in [0.5, 0.6) is 5.75 Å². The highest BCUT2D eigenvalue weighted by Crippen LogP contribution is 2.29. The van der Waals surface area contributed by atoms with E-state index >= 15 is 0 Å². The van der Waals surface area contributed by atoms with Gasteiger partial charge in [0.2, 0.25) is 5.89 Å².